The number of methoxy groups -OCH3 is 1. The third-order valence-electron chi connectivity index (χ3n) is 3.07. The molecule has 1 amide bonds. The van der Waals surface area contributed by atoms with Crippen LogP contribution in [0.3, 0.4) is 0 Å². The van der Waals surface area contributed by atoms with E-state index in [0.717, 1.165) is 16.8 Å². The van der Waals surface area contributed by atoms with E-state index in [4.69, 9.17) is 4.74 Å². The lowest BCUT2D eigenvalue weighted by molar-refractivity contribution is 0.0945. The van der Waals surface area contributed by atoms with Gasteiger partial charge < -0.3 is 15.0 Å². The molecule has 2 aromatic heterocycles. The summed E-state index contributed by atoms with van der Waals surface area (Å²) in [6, 6.07) is 6.36. The Morgan fingerprint density at radius 3 is 2.81 bits per heavy atom. The minimum atomic E-state index is -0.352. The number of hydrogen-bond acceptors (Lipinski definition) is 4. The fourth-order valence-electron chi connectivity index (χ4n) is 2.06. The van der Waals surface area contributed by atoms with Gasteiger partial charge in [0.1, 0.15) is 5.69 Å². The maximum atomic E-state index is 12.0. The highest BCUT2D eigenvalue weighted by atomic mass is 16.5. The van der Waals surface area contributed by atoms with Crippen LogP contribution >= 0.6 is 0 Å². The Kier molecular flexibility index (Phi) is 4.37. The fourth-order valence-corrected chi connectivity index (χ4v) is 2.06. The van der Waals surface area contributed by atoms with Gasteiger partial charge in [-0.2, -0.15) is 0 Å². The highest BCUT2D eigenvalue weighted by Gasteiger charge is 2.12. The number of nitrogens with zero attached hydrogens (tertiary/aromatic N) is 1. The van der Waals surface area contributed by atoms with Crippen molar-refractivity contribution in [2.45, 2.75) is 20.4 Å². The van der Waals surface area contributed by atoms with Crippen LogP contribution in [0.15, 0.2) is 29.1 Å². The minimum absolute atomic E-state index is 0.221. The maximum absolute atomic E-state index is 12.0. The summed E-state index contributed by atoms with van der Waals surface area (Å²) in [5.74, 6) is 0.143. The number of hydrogen-bond donors (Lipinski definition) is 2. The van der Waals surface area contributed by atoms with E-state index >= 15 is 0 Å². The molecule has 0 atom stereocenters. The van der Waals surface area contributed by atoms with Gasteiger partial charge in [-0.3, -0.25) is 9.59 Å². The lowest BCUT2D eigenvalue weighted by Gasteiger charge is -2.12. The first kappa shape index (κ1) is 14.8. The van der Waals surface area contributed by atoms with Crippen molar-refractivity contribution in [3.05, 3.63) is 57.1 Å². The summed E-state index contributed by atoms with van der Waals surface area (Å²) >= 11 is 0. The Morgan fingerprint density at radius 2 is 2.14 bits per heavy atom. The molecule has 2 aromatic rings. The van der Waals surface area contributed by atoms with Crippen LogP contribution in [0.2, 0.25) is 0 Å². The van der Waals surface area contributed by atoms with Crippen molar-refractivity contribution in [1.29, 1.82) is 0 Å². The van der Waals surface area contributed by atoms with Gasteiger partial charge >= 0.3 is 0 Å². The van der Waals surface area contributed by atoms with E-state index in [1.165, 1.54) is 12.1 Å². The summed E-state index contributed by atoms with van der Waals surface area (Å²) in [6.45, 7) is 4.09. The zero-order chi connectivity index (χ0) is 15.4. The second-order valence-electron chi connectivity index (χ2n) is 4.68. The Hall–Kier alpha value is -2.63. The number of ether oxygens (including phenoxy) is 1. The van der Waals surface area contributed by atoms with Gasteiger partial charge in [0, 0.05) is 23.9 Å². The van der Waals surface area contributed by atoms with Gasteiger partial charge in [0.15, 0.2) is 0 Å². The van der Waals surface area contributed by atoms with E-state index in [1.807, 2.05) is 19.9 Å². The zero-order valence-corrected chi connectivity index (χ0v) is 12.2. The van der Waals surface area contributed by atoms with E-state index in [-0.39, 0.29) is 23.7 Å². The monoisotopic (exact) mass is 287 g/mol. The number of carbonyl (C=O) groups is 1. The van der Waals surface area contributed by atoms with E-state index in [1.54, 1.807) is 13.2 Å². The molecule has 0 radical (unpaired) electrons. The molecule has 0 bridgehead atoms. The molecule has 0 aromatic carbocycles. The van der Waals surface area contributed by atoms with Crippen LogP contribution in [0.4, 0.5) is 0 Å². The largest absolute Gasteiger partial charge is 0.481 e. The lowest BCUT2D eigenvalue weighted by atomic mass is 10.1. The van der Waals surface area contributed by atoms with E-state index in [2.05, 4.69) is 15.3 Å². The van der Waals surface area contributed by atoms with Crippen molar-refractivity contribution >= 4 is 5.91 Å². The standard InChI is InChI=1S/C15H17N3O3/c1-9-7-10(2)17-15(21-3)11(9)8-16-14(20)12-5-4-6-13(19)18-12/h4-7H,8H2,1-3H3,(H,16,20)(H,18,19). The molecular weight excluding hydrogens is 270 g/mol. The third-order valence-corrected chi connectivity index (χ3v) is 3.07. The molecule has 2 heterocycles. The van der Waals surface area contributed by atoms with Crippen molar-refractivity contribution < 1.29 is 9.53 Å². The summed E-state index contributed by atoms with van der Waals surface area (Å²) in [5.41, 5.74) is 2.57. The van der Waals surface area contributed by atoms with Crippen LogP contribution in [-0.2, 0) is 6.54 Å². The predicted molar refractivity (Wildman–Crippen MR) is 78.5 cm³/mol. The van der Waals surface area contributed by atoms with Crippen LogP contribution in [0.1, 0.15) is 27.3 Å². The van der Waals surface area contributed by atoms with Crippen LogP contribution in [0, 0.1) is 13.8 Å². The molecule has 0 aliphatic heterocycles. The molecule has 0 aliphatic carbocycles. The third kappa shape index (κ3) is 3.47. The van der Waals surface area contributed by atoms with E-state index in [9.17, 15) is 9.59 Å². The first-order chi connectivity index (χ1) is 10.0. The molecule has 0 saturated heterocycles. The molecule has 0 fully saturated rings. The Bertz CT molecular complexity index is 722. The molecule has 6 nitrogen and oxygen atoms in total. The van der Waals surface area contributed by atoms with Gasteiger partial charge in [-0.15, -0.1) is 0 Å². The first-order valence-corrected chi connectivity index (χ1v) is 6.50. The van der Waals surface area contributed by atoms with E-state index < -0.39 is 0 Å². The number of H-pyrrole nitrogens is 1. The fraction of sp³-hybridized carbons (Fsp3) is 0.267. The van der Waals surface area contributed by atoms with Crippen molar-refractivity contribution in [2.75, 3.05) is 7.11 Å². The maximum Gasteiger partial charge on any atom is 0.268 e. The molecule has 0 aliphatic rings. The van der Waals surface area contributed by atoms with Crippen LogP contribution in [0.5, 0.6) is 5.88 Å². The number of rotatable bonds is 4. The van der Waals surface area contributed by atoms with Gasteiger partial charge in [0.25, 0.3) is 5.91 Å². The summed E-state index contributed by atoms with van der Waals surface area (Å²) < 4.78 is 5.24. The van der Waals surface area contributed by atoms with Crippen LogP contribution < -0.4 is 15.6 Å². The molecule has 21 heavy (non-hydrogen) atoms. The van der Waals surface area contributed by atoms with Gasteiger partial charge in [-0.05, 0) is 31.5 Å². The minimum Gasteiger partial charge on any atom is -0.481 e. The quantitative estimate of drug-likeness (QED) is 0.888. The Balaban J connectivity index is 2.17. The topological polar surface area (TPSA) is 84.1 Å². The summed E-state index contributed by atoms with van der Waals surface area (Å²) in [4.78, 5) is 30.0. The molecule has 6 heteroatoms. The molecule has 0 spiro atoms. The highest BCUT2D eigenvalue weighted by Crippen LogP contribution is 2.20. The second kappa shape index (κ2) is 6.21. The number of aromatic nitrogens is 2. The van der Waals surface area contributed by atoms with E-state index in [0.29, 0.717) is 5.88 Å². The zero-order valence-electron chi connectivity index (χ0n) is 12.2. The van der Waals surface area contributed by atoms with Crippen molar-refractivity contribution in [3.63, 3.8) is 0 Å². The Morgan fingerprint density at radius 1 is 1.38 bits per heavy atom. The normalized spacial score (nSPS) is 10.2. The first-order valence-electron chi connectivity index (χ1n) is 6.50. The number of carbonyl (C=O) groups excluding carboxylic acids is 1. The number of aromatic amines is 1. The molecule has 110 valence electrons. The van der Waals surface area contributed by atoms with Crippen molar-refractivity contribution in [3.8, 4) is 5.88 Å². The van der Waals surface area contributed by atoms with Gasteiger partial charge in [-0.1, -0.05) is 6.07 Å². The number of aryl methyl sites for hydroxylation is 2. The molecule has 0 saturated carbocycles. The number of pyridine rings is 2. The van der Waals surface area contributed by atoms with Crippen molar-refractivity contribution in [1.82, 2.24) is 15.3 Å². The average Bonchev–Trinajstić information content (AvgIpc) is 2.45. The summed E-state index contributed by atoms with van der Waals surface area (Å²) in [6.07, 6.45) is 0. The molecule has 0 unspecified atom stereocenters. The number of nitrogens with one attached hydrogen (secondary N) is 2. The smallest absolute Gasteiger partial charge is 0.268 e. The predicted octanol–water partition coefficient (Wildman–Crippen LogP) is 1.33. The highest BCUT2D eigenvalue weighted by molar-refractivity contribution is 5.92. The Labute approximate surface area is 122 Å². The van der Waals surface area contributed by atoms with Gasteiger partial charge in [0.2, 0.25) is 11.4 Å². The van der Waals surface area contributed by atoms with Gasteiger partial charge in [-0.25, -0.2) is 4.98 Å². The molecule has 2 N–H and O–H groups in total. The number of amides is 1. The summed E-state index contributed by atoms with van der Waals surface area (Å²) in [5, 5.41) is 2.75. The van der Waals surface area contributed by atoms with Crippen molar-refractivity contribution in [2.24, 2.45) is 0 Å². The van der Waals surface area contributed by atoms with Crippen LogP contribution in [-0.4, -0.2) is 23.0 Å². The second-order valence-corrected chi connectivity index (χ2v) is 4.68. The molecular formula is C15H17N3O3. The van der Waals surface area contributed by atoms with Gasteiger partial charge in [0.05, 0.1) is 7.11 Å². The lowest BCUT2D eigenvalue weighted by Crippen LogP contribution is -2.26. The summed E-state index contributed by atoms with van der Waals surface area (Å²) in [7, 11) is 1.54. The van der Waals surface area contributed by atoms with Crippen LogP contribution in [0.25, 0.3) is 0 Å². The molecule has 2 rings (SSSR count). The SMILES string of the molecule is COc1nc(C)cc(C)c1CNC(=O)c1cccc(=O)[nH]1. The average molecular weight is 287 g/mol.